The minimum absolute atomic E-state index is 0.0354. The van der Waals surface area contributed by atoms with Gasteiger partial charge in [-0.1, -0.05) is 34.0 Å². The number of hydrogen-bond donors (Lipinski definition) is 2. The predicted octanol–water partition coefficient (Wildman–Crippen LogP) is 5.20. The molecule has 4 saturated carbocycles. The molecule has 0 aromatic heterocycles. The Morgan fingerprint density at radius 3 is 2.55 bits per heavy atom. The van der Waals surface area contributed by atoms with Crippen LogP contribution in [0.25, 0.3) is 0 Å². The minimum atomic E-state index is -2.85. The van der Waals surface area contributed by atoms with Gasteiger partial charge in [-0.3, -0.25) is 4.79 Å². The Kier molecular flexibility index (Phi) is 4.96. The van der Waals surface area contributed by atoms with Crippen LogP contribution >= 0.6 is 0 Å². The molecule has 0 spiro atoms. The fraction of sp³-hybridized carbons (Fsp3) is 0.963. The van der Waals surface area contributed by atoms with Crippen molar-refractivity contribution in [3.63, 3.8) is 0 Å². The average Bonchev–Trinajstić information content (AvgIpc) is 3.14. The first kappa shape index (κ1) is 17.8. The van der Waals surface area contributed by atoms with Gasteiger partial charge in [0.25, 0.3) is 0 Å². The van der Waals surface area contributed by atoms with Gasteiger partial charge >= 0.3 is 5.97 Å². The highest BCUT2D eigenvalue weighted by Gasteiger charge is 2.64. The standard InChI is InChI=1S/C27H46O4/c1-6-18-22-15-17(28)11-13-27(22,4)21-12-14-26(3)19(16(2)7-10-23(29)31-5)8-9-20(26)24(21)25(18)30/h16-22,24-25,28,30H,6-15H2,1-5H3/t16-,17-,18-,19-,20+,21+,22+,24+,25-,26-,27-/m1/s1/i1D3,6D2. The van der Waals surface area contributed by atoms with Gasteiger partial charge in [-0.05, 0) is 104 Å². The van der Waals surface area contributed by atoms with Crippen LogP contribution in [0.5, 0.6) is 0 Å². The summed E-state index contributed by atoms with van der Waals surface area (Å²) in [5.74, 6) is -0.641. The molecule has 0 radical (unpaired) electrons. The highest BCUT2D eigenvalue weighted by Crippen LogP contribution is 2.69. The Morgan fingerprint density at radius 2 is 1.84 bits per heavy atom. The molecular formula is C27H46O4. The fourth-order valence-electron chi connectivity index (χ4n) is 9.09. The van der Waals surface area contributed by atoms with Gasteiger partial charge in [-0.15, -0.1) is 0 Å². The fourth-order valence-corrected chi connectivity index (χ4v) is 9.09. The molecule has 0 amide bonds. The molecule has 4 aliphatic rings. The normalized spacial score (nSPS) is 53.4. The lowest BCUT2D eigenvalue weighted by atomic mass is 9.41. The predicted molar refractivity (Wildman–Crippen MR) is 122 cm³/mol. The number of aliphatic hydroxyl groups is 2. The lowest BCUT2D eigenvalue weighted by Crippen LogP contribution is -2.62. The van der Waals surface area contributed by atoms with Crippen LogP contribution in [0.3, 0.4) is 0 Å². The maximum Gasteiger partial charge on any atom is 0.305 e. The summed E-state index contributed by atoms with van der Waals surface area (Å²) in [6, 6.07) is 0. The molecule has 0 aliphatic heterocycles. The molecule has 2 N–H and O–H groups in total. The topological polar surface area (TPSA) is 66.8 Å². The summed E-state index contributed by atoms with van der Waals surface area (Å²) in [4.78, 5) is 11.8. The third kappa shape index (κ3) is 3.68. The van der Waals surface area contributed by atoms with Crippen molar-refractivity contribution in [2.24, 2.45) is 52.3 Å². The molecule has 0 heterocycles. The average molecular weight is 440 g/mol. The molecule has 0 saturated heterocycles. The van der Waals surface area contributed by atoms with E-state index in [1.165, 1.54) is 7.11 Å². The molecule has 4 aliphatic carbocycles. The van der Waals surface area contributed by atoms with Crippen LogP contribution in [0.1, 0.15) is 98.6 Å². The molecule has 4 nitrogen and oxygen atoms in total. The molecule has 0 unspecified atom stereocenters. The van der Waals surface area contributed by atoms with Crippen LogP contribution in [0.15, 0.2) is 0 Å². The Morgan fingerprint density at radius 1 is 1.13 bits per heavy atom. The first-order valence-electron chi connectivity index (χ1n) is 15.0. The van der Waals surface area contributed by atoms with E-state index in [-0.39, 0.29) is 40.5 Å². The molecule has 4 heteroatoms. The van der Waals surface area contributed by atoms with Crippen LogP contribution in [-0.4, -0.2) is 35.5 Å². The lowest BCUT2D eigenvalue weighted by Gasteiger charge is -2.64. The quantitative estimate of drug-likeness (QED) is 0.578. The Balaban J connectivity index is 1.69. The first-order chi connectivity index (χ1) is 16.6. The van der Waals surface area contributed by atoms with Crippen LogP contribution in [0.4, 0.5) is 0 Å². The van der Waals surface area contributed by atoms with Crippen molar-refractivity contribution in [2.75, 3.05) is 7.11 Å². The van der Waals surface area contributed by atoms with E-state index in [1.807, 2.05) is 0 Å². The monoisotopic (exact) mass is 439 g/mol. The van der Waals surface area contributed by atoms with Gasteiger partial charge in [0, 0.05) is 13.3 Å². The van der Waals surface area contributed by atoms with Crippen LogP contribution < -0.4 is 0 Å². The summed E-state index contributed by atoms with van der Waals surface area (Å²) < 4.78 is 46.5. The van der Waals surface area contributed by atoms with Crippen molar-refractivity contribution in [3.8, 4) is 0 Å². The molecular weight excluding hydrogens is 388 g/mol. The van der Waals surface area contributed by atoms with E-state index in [0.717, 1.165) is 38.5 Å². The van der Waals surface area contributed by atoms with Crippen molar-refractivity contribution >= 4 is 5.97 Å². The molecule has 178 valence electrons. The van der Waals surface area contributed by atoms with E-state index in [4.69, 9.17) is 11.6 Å². The molecule has 31 heavy (non-hydrogen) atoms. The van der Waals surface area contributed by atoms with Gasteiger partial charge in [0.2, 0.25) is 0 Å². The van der Waals surface area contributed by atoms with E-state index in [1.54, 1.807) is 0 Å². The van der Waals surface area contributed by atoms with Crippen molar-refractivity contribution < 1.29 is 26.6 Å². The van der Waals surface area contributed by atoms with Crippen LogP contribution in [-0.2, 0) is 9.53 Å². The summed E-state index contributed by atoms with van der Waals surface area (Å²) >= 11 is 0. The largest absolute Gasteiger partial charge is 0.469 e. The smallest absolute Gasteiger partial charge is 0.305 e. The summed E-state index contributed by atoms with van der Waals surface area (Å²) in [5.41, 5.74) is -0.339. The molecule has 0 aromatic rings. The lowest BCUT2D eigenvalue weighted by molar-refractivity contribution is -0.203. The number of ether oxygens (including phenoxy) is 1. The third-order valence-electron chi connectivity index (χ3n) is 10.7. The zero-order valence-corrected chi connectivity index (χ0v) is 19.8. The van der Waals surface area contributed by atoms with Gasteiger partial charge in [-0.25, -0.2) is 0 Å². The van der Waals surface area contributed by atoms with Crippen LogP contribution in [0, 0.1) is 52.3 Å². The second-order valence-corrected chi connectivity index (χ2v) is 11.8. The van der Waals surface area contributed by atoms with E-state index in [2.05, 4.69) is 20.8 Å². The maximum absolute atomic E-state index is 12.0. The second-order valence-electron chi connectivity index (χ2n) is 11.8. The number of rotatable bonds is 5. The minimum Gasteiger partial charge on any atom is -0.469 e. The zero-order valence-electron chi connectivity index (χ0n) is 24.8. The summed E-state index contributed by atoms with van der Waals surface area (Å²) in [6.07, 6.45) is 2.63. The van der Waals surface area contributed by atoms with E-state index in [0.29, 0.717) is 31.1 Å². The number of aliphatic hydroxyl groups excluding tert-OH is 2. The highest BCUT2D eigenvalue weighted by molar-refractivity contribution is 5.69. The van der Waals surface area contributed by atoms with Gasteiger partial charge in [-0.2, -0.15) is 0 Å². The Bertz CT molecular complexity index is 833. The molecule has 11 atom stereocenters. The molecule has 4 fully saturated rings. The number of hydrogen-bond acceptors (Lipinski definition) is 4. The van der Waals surface area contributed by atoms with E-state index < -0.39 is 31.4 Å². The summed E-state index contributed by atoms with van der Waals surface area (Å²) in [6.45, 7) is 3.86. The zero-order chi connectivity index (χ0) is 26.8. The van der Waals surface area contributed by atoms with Gasteiger partial charge in [0.15, 0.2) is 0 Å². The van der Waals surface area contributed by atoms with Crippen molar-refractivity contribution in [1.82, 2.24) is 0 Å². The number of carbonyl (C=O) groups excluding carboxylic acids is 1. The third-order valence-corrected chi connectivity index (χ3v) is 10.7. The number of esters is 1. The van der Waals surface area contributed by atoms with Gasteiger partial charge in [0.1, 0.15) is 0 Å². The van der Waals surface area contributed by atoms with Crippen molar-refractivity contribution in [1.29, 1.82) is 0 Å². The second kappa shape index (κ2) is 8.63. The van der Waals surface area contributed by atoms with E-state index >= 15 is 0 Å². The van der Waals surface area contributed by atoms with Crippen LogP contribution in [0.2, 0.25) is 0 Å². The van der Waals surface area contributed by atoms with E-state index in [9.17, 15) is 15.0 Å². The maximum atomic E-state index is 12.0. The number of fused-ring (bicyclic) bond motifs is 5. The molecule has 0 aromatic carbocycles. The number of carbonyl (C=O) groups is 1. The Labute approximate surface area is 196 Å². The highest BCUT2D eigenvalue weighted by atomic mass is 16.5. The molecule has 4 rings (SSSR count). The molecule has 0 bridgehead atoms. The van der Waals surface area contributed by atoms with Gasteiger partial charge < -0.3 is 14.9 Å². The van der Waals surface area contributed by atoms with Gasteiger partial charge in [0.05, 0.1) is 19.3 Å². The summed E-state index contributed by atoms with van der Waals surface area (Å²) in [7, 11) is 1.41. The summed E-state index contributed by atoms with van der Waals surface area (Å²) in [5, 5.41) is 22.5. The van der Waals surface area contributed by atoms with Crippen molar-refractivity contribution in [3.05, 3.63) is 0 Å². The SMILES string of the molecule is [2H]C([2H])([2H])C([2H])([2H])[C@H]1[C@@H](O)[C@@H]2[C@H](CC[C@]3(C)[C@@H]([C@H](C)CCC(=O)OC)CC[C@@H]23)[C@@]2(C)CC[C@@H](O)C[C@@H]12. The van der Waals surface area contributed by atoms with Crippen molar-refractivity contribution in [2.45, 2.75) is 104 Å². The first-order valence-corrected chi connectivity index (χ1v) is 12.5. The Hall–Kier alpha value is -0.610. The number of methoxy groups -OCH3 is 1.